The second kappa shape index (κ2) is 6.50. The monoisotopic (exact) mass is 354 g/mol. The van der Waals surface area contributed by atoms with Gasteiger partial charge in [-0.3, -0.25) is 4.79 Å². The molecule has 2 aromatic heterocycles. The van der Waals surface area contributed by atoms with E-state index in [1.54, 1.807) is 12.4 Å². The van der Waals surface area contributed by atoms with Gasteiger partial charge >= 0.3 is 0 Å². The van der Waals surface area contributed by atoms with Crippen molar-refractivity contribution >= 4 is 33.3 Å². The van der Waals surface area contributed by atoms with Crippen LogP contribution in [0.5, 0.6) is 0 Å². The number of hydrogen-bond donors (Lipinski definition) is 1. The first-order chi connectivity index (χ1) is 12.1. The van der Waals surface area contributed by atoms with Gasteiger partial charge in [-0.05, 0) is 43.5 Å². The van der Waals surface area contributed by atoms with Gasteiger partial charge in [-0.25, -0.2) is 4.98 Å². The van der Waals surface area contributed by atoms with Gasteiger partial charge in [0.05, 0.1) is 28.6 Å². The van der Waals surface area contributed by atoms with Crippen molar-refractivity contribution in [2.45, 2.75) is 19.8 Å². The van der Waals surface area contributed by atoms with Crippen LogP contribution in [0.3, 0.4) is 0 Å². The summed E-state index contributed by atoms with van der Waals surface area (Å²) < 4.78 is 5.47. The van der Waals surface area contributed by atoms with E-state index in [4.69, 9.17) is 4.74 Å². The van der Waals surface area contributed by atoms with Crippen LogP contribution in [0, 0.1) is 5.41 Å². The molecule has 3 aromatic rings. The molecule has 1 aromatic carbocycles. The Kier molecular flexibility index (Phi) is 4.19. The number of amides is 1. The molecule has 1 aliphatic heterocycles. The van der Waals surface area contributed by atoms with Gasteiger partial charge in [-0.15, -0.1) is 0 Å². The number of nitrogens with zero attached hydrogens (tertiary/aromatic N) is 3. The predicted molar refractivity (Wildman–Crippen MR) is 97.4 cm³/mol. The number of hydrogen-bond acceptors (Lipinski definition) is 6. The molecule has 4 rings (SSSR count). The number of rotatable bonds is 3. The summed E-state index contributed by atoms with van der Waals surface area (Å²) in [5.41, 5.74) is 1.42. The first kappa shape index (κ1) is 16.1. The Labute approximate surface area is 149 Å². The summed E-state index contributed by atoms with van der Waals surface area (Å²) in [6.45, 7) is 3.14. The van der Waals surface area contributed by atoms with Crippen molar-refractivity contribution in [1.29, 1.82) is 0 Å². The largest absolute Gasteiger partial charge is 0.380 e. The highest BCUT2D eigenvalue weighted by Crippen LogP contribution is 2.33. The number of fused-ring (bicyclic) bond motifs is 1. The van der Waals surface area contributed by atoms with Crippen molar-refractivity contribution in [3.8, 4) is 10.4 Å². The van der Waals surface area contributed by atoms with Gasteiger partial charge in [-0.1, -0.05) is 17.4 Å². The number of carbonyl (C=O) groups excluding carboxylic acids is 1. The molecule has 7 heteroatoms. The minimum atomic E-state index is -0.480. The molecule has 128 valence electrons. The smallest absolute Gasteiger partial charge is 0.234 e. The lowest BCUT2D eigenvalue weighted by Gasteiger charge is -2.31. The number of aromatic nitrogens is 3. The molecule has 0 bridgehead atoms. The summed E-state index contributed by atoms with van der Waals surface area (Å²) in [6, 6.07) is 7.92. The first-order valence-corrected chi connectivity index (χ1v) is 9.03. The van der Waals surface area contributed by atoms with Crippen molar-refractivity contribution in [1.82, 2.24) is 15.2 Å². The number of carbonyl (C=O) groups is 1. The predicted octanol–water partition coefficient (Wildman–Crippen LogP) is 3.51. The number of benzene rings is 1. The van der Waals surface area contributed by atoms with Gasteiger partial charge in [0.25, 0.3) is 0 Å². The van der Waals surface area contributed by atoms with Crippen molar-refractivity contribution in [3.05, 3.63) is 36.7 Å². The van der Waals surface area contributed by atoms with Gasteiger partial charge in [0.1, 0.15) is 0 Å². The zero-order valence-corrected chi connectivity index (χ0v) is 14.7. The molecule has 1 aliphatic rings. The maximum absolute atomic E-state index is 12.6. The lowest BCUT2D eigenvalue weighted by Crippen LogP contribution is -2.40. The maximum Gasteiger partial charge on any atom is 0.234 e. The van der Waals surface area contributed by atoms with Gasteiger partial charge in [0, 0.05) is 18.2 Å². The van der Waals surface area contributed by atoms with Crippen molar-refractivity contribution in [2.24, 2.45) is 5.41 Å². The minimum Gasteiger partial charge on any atom is -0.380 e. The summed E-state index contributed by atoms with van der Waals surface area (Å²) in [6.07, 6.45) is 5.21. The number of nitrogens with one attached hydrogen (secondary N) is 1. The third kappa shape index (κ3) is 3.25. The van der Waals surface area contributed by atoms with Gasteiger partial charge in [0.2, 0.25) is 5.91 Å². The fourth-order valence-corrected chi connectivity index (χ4v) is 3.78. The van der Waals surface area contributed by atoms with E-state index in [9.17, 15) is 4.79 Å². The standard InChI is InChI=1S/C18H18N4O2S/c1-18(6-2-8-24-11-18)16(23)21-17-19-10-15(25-17)13-3-4-14-12(9-13)5-7-20-22-14/h3-5,7,9-10H,2,6,8,11H2,1H3,(H,19,21,23). The SMILES string of the molecule is CC1(C(=O)Nc2ncc(-c3ccc4nnccc4c3)s2)CCCOC1. The molecule has 0 saturated carbocycles. The van der Waals surface area contributed by atoms with Gasteiger partial charge in [0.15, 0.2) is 5.13 Å². The minimum absolute atomic E-state index is 0.0260. The highest BCUT2D eigenvalue weighted by atomic mass is 32.1. The van der Waals surface area contributed by atoms with E-state index in [2.05, 4.69) is 26.6 Å². The molecule has 1 atom stereocenters. The van der Waals surface area contributed by atoms with E-state index in [0.717, 1.165) is 40.8 Å². The third-order valence-electron chi connectivity index (χ3n) is 4.51. The summed E-state index contributed by atoms with van der Waals surface area (Å²) >= 11 is 1.47. The number of anilines is 1. The van der Waals surface area contributed by atoms with E-state index >= 15 is 0 Å². The Balaban J connectivity index is 1.54. The molecule has 1 fully saturated rings. The Bertz CT molecular complexity index is 918. The molecule has 3 heterocycles. The second-order valence-electron chi connectivity index (χ2n) is 6.51. The summed E-state index contributed by atoms with van der Waals surface area (Å²) in [7, 11) is 0. The fraction of sp³-hybridized carbons (Fsp3) is 0.333. The Hall–Kier alpha value is -2.38. The lowest BCUT2D eigenvalue weighted by atomic mass is 9.84. The quantitative estimate of drug-likeness (QED) is 0.779. The van der Waals surface area contributed by atoms with E-state index in [1.165, 1.54) is 11.3 Å². The van der Waals surface area contributed by atoms with Gasteiger partial charge in [-0.2, -0.15) is 10.2 Å². The van der Waals surface area contributed by atoms with E-state index in [1.807, 2.05) is 25.1 Å². The van der Waals surface area contributed by atoms with Crippen molar-refractivity contribution in [2.75, 3.05) is 18.5 Å². The Morgan fingerprint density at radius 3 is 3.12 bits per heavy atom. The summed E-state index contributed by atoms with van der Waals surface area (Å²) in [5.74, 6) is -0.0260. The normalized spacial score (nSPS) is 20.5. The van der Waals surface area contributed by atoms with Gasteiger partial charge < -0.3 is 10.1 Å². The molecule has 1 unspecified atom stereocenters. The van der Waals surface area contributed by atoms with Crippen LogP contribution in [0.2, 0.25) is 0 Å². The zero-order valence-electron chi connectivity index (χ0n) is 13.9. The molecule has 1 amide bonds. The van der Waals surface area contributed by atoms with Crippen molar-refractivity contribution in [3.63, 3.8) is 0 Å². The highest BCUT2D eigenvalue weighted by Gasteiger charge is 2.35. The third-order valence-corrected chi connectivity index (χ3v) is 5.47. The van der Waals surface area contributed by atoms with Crippen molar-refractivity contribution < 1.29 is 9.53 Å². The lowest BCUT2D eigenvalue weighted by molar-refractivity contribution is -0.131. The average molecular weight is 354 g/mol. The summed E-state index contributed by atoms with van der Waals surface area (Å²) in [4.78, 5) is 17.9. The van der Waals surface area contributed by atoms with Crippen LogP contribution in [0.25, 0.3) is 21.3 Å². The zero-order chi connectivity index (χ0) is 17.3. The molecule has 0 radical (unpaired) electrons. The molecular weight excluding hydrogens is 336 g/mol. The number of ether oxygens (including phenoxy) is 1. The molecule has 1 N–H and O–H groups in total. The van der Waals surface area contributed by atoms with Crippen LogP contribution in [0.15, 0.2) is 36.7 Å². The highest BCUT2D eigenvalue weighted by molar-refractivity contribution is 7.19. The van der Waals surface area contributed by atoms with Crippen LogP contribution >= 0.6 is 11.3 Å². The van der Waals surface area contributed by atoms with Crippen LogP contribution < -0.4 is 5.32 Å². The molecule has 6 nitrogen and oxygen atoms in total. The van der Waals surface area contributed by atoms with Crippen LogP contribution in [-0.4, -0.2) is 34.3 Å². The Morgan fingerprint density at radius 1 is 1.36 bits per heavy atom. The molecule has 0 aliphatic carbocycles. The van der Waals surface area contributed by atoms with Crippen LogP contribution in [-0.2, 0) is 9.53 Å². The van der Waals surface area contributed by atoms with Crippen LogP contribution in [0.4, 0.5) is 5.13 Å². The first-order valence-electron chi connectivity index (χ1n) is 8.21. The average Bonchev–Trinajstić information content (AvgIpc) is 3.10. The maximum atomic E-state index is 12.6. The summed E-state index contributed by atoms with van der Waals surface area (Å²) in [5, 5.41) is 12.6. The molecule has 1 saturated heterocycles. The molecule has 25 heavy (non-hydrogen) atoms. The Morgan fingerprint density at radius 2 is 2.28 bits per heavy atom. The molecular formula is C18H18N4O2S. The molecule has 0 spiro atoms. The van der Waals surface area contributed by atoms with Crippen LogP contribution in [0.1, 0.15) is 19.8 Å². The fourth-order valence-electron chi connectivity index (χ4n) is 2.97. The number of thiazole rings is 1. The van der Waals surface area contributed by atoms with E-state index in [0.29, 0.717) is 11.7 Å². The topological polar surface area (TPSA) is 77.0 Å². The second-order valence-corrected chi connectivity index (χ2v) is 7.54. The van der Waals surface area contributed by atoms with E-state index in [-0.39, 0.29) is 5.91 Å². The van der Waals surface area contributed by atoms with E-state index < -0.39 is 5.41 Å².